The molecule has 1 atom stereocenters. The summed E-state index contributed by atoms with van der Waals surface area (Å²) in [5, 5.41) is 3.51. The molecule has 0 aliphatic carbocycles. The summed E-state index contributed by atoms with van der Waals surface area (Å²) in [7, 11) is 1.95. The van der Waals surface area contributed by atoms with Crippen LogP contribution in [0.3, 0.4) is 0 Å². The van der Waals surface area contributed by atoms with E-state index in [2.05, 4.69) is 12.2 Å². The molecule has 2 rings (SSSR count). The van der Waals surface area contributed by atoms with Gasteiger partial charge in [-0.2, -0.15) is 0 Å². The molecule has 1 aromatic heterocycles. The normalized spacial score (nSPS) is 19.4. The quantitative estimate of drug-likeness (QED) is 0.901. The van der Waals surface area contributed by atoms with Crippen molar-refractivity contribution >= 4 is 5.91 Å². The van der Waals surface area contributed by atoms with Crippen LogP contribution in [0.25, 0.3) is 0 Å². The number of hydrogen-bond donors (Lipinski definition) is 1. The number of nitrogens with zero attached hydrogens (tertiary/aromatic N) is 2. The largest absolute Gasteiger partial charge is 0.344 e. The van der Waals surface area contributed by atoms with Crippen LogP contribution in [0.2, 0.25) is 0 Å². The van der Waals surface area contributed by atoms with Crippen LogP contribution in [-0.4, -0.2) is 41.1 Å². The summed E-state index contributed by atoms with van der Waals surface area (Å²) < 4.78 is 1.97. The highest BCUT2D eigenvalue weighted by atomic mass is 16.2. The lowest BCUT2D eigenvalue weighted by molar-refractivity contribution is 0.0731. The molecule has 0 saturated carbocycles. The topological polar surface area (TPSA) is 37.3 Å². The molecule has 4 nitrogen and oxygen atoms in total. The summed E-state index contributed by atoms with van der Waals surface area (Å²) >= 11 is 0. The summed E-state index contributed by atoms with van der Waals surface area (Å²) in [4.78, 5) is 14.5. The first-order chi connectivity index (χ1) is 9.13. The molecule has 1 aromatic rings. The van der Waals surface area contributed by atoms with E-state index in [9.17, 15) is 4.79 Å². The van der Waals surface area contributed by atoms with Crippen LogP contribution in [-0.2, 0) is 7.05 Å². The molecule has 0 radical (unpaired) electrons. The smallest absolute Gasteiger partial charge is 0.270 e. The molecule has 2 heterocycles. The molecule has 19 heavy (non-hydrogen) atoms. The number of hydrogen-bond acceptors (Lipinski definition) is 2. The van der Waals surface area contributed by atoms with Crippen molar-refractivity contribution in [3.8, 4) is 0 Å². The average molecular weight is 263 g/mol. The summed E-state index contributed by atoms with van der Waals surface area (Å²) in [6, 6.07) is 4.38. The SMILES string of the molecule is CCN(CC1CCCCN1)C(=O)c1ccc(C)n1C. The van der Waals surface area contributed by atoms with Crippen molar-refractivity contribution in [1.29, 1.82) is 0 Å². The standard InChI is InChI=1S/C15H25N3O/c1-4-18(11-13-7-5-6-10-16-13)15(19)14-9-8-12(2)17(14)3/h8-9,13,16H,4-7,10-11H2,1-3H3. The number of amides is 1. The first-order valence-electron chi connectivity index (χ1n) is 7.28. The highest BCUT2D eigenvalue weighted by molar-refractivity contribution is 5.93. The number of likely N-dealkylation sites (N-methyl/N-ethyl adjacent to an activating group) is 1. The molecule has 0 spiro atoms. The van der Waals surface area contributed by atoms with E-state index >= 15 is 0 Å². The third kappa shape index (κ3) is 3.18. The van der Waals surface area contributed by atoms with E-state index in [1.807, 2.05) is 35.6 Å². The molecule has 1 saturated heterocycles. The third-order valence-electron chi connectivity index (χ3n) is 4.11. The van der Waals surface area contributed by atoms with E-state index in [4.69, 9.17) is 0 Å². The predicted octanol–water partition coefficient (Wildman–Crippen LogP) is 1.94. The Bertz CT molecular complexity index is 433. The first kappa shape index (κ1) is 14.1. The summed E-state index contributed by atoms with van der Waals surface area (Å²) in [6.07, 6.45) is 3.70. The Morgan fingerprint density at radius 3 is 2.79 bits per heavy atom. The Kier molecular flexibility index (Phi) is 4.64. The molecule has 1 fully saturated rings. The Morgan fingerprint density at radius 2 is 2.26 bits per heavy atom. The van der Waals surface area contributed by atoms with Crippen molar-refractivity contribution < 1.29 is 4.79 Å². The molecule has 1 aliphatic rings. The van der Waals surface area contributed by atoms with E-state index in [-0.39, 0.29) is 5.91 Å². The van der Waals surface area contributed by atoms with Crippen LogP contribution in [0.4, 0.5) is 0 Å². The minimum absolute atomic E-state index is 0.144. The zero-order valence-electron chi connectivity index (χ0n) is 12.3. The van der Waals surface area contributed by atoms with Crippen LogP contribution >= 0.6 is 0 Å². The Balaban J connectivity index is 2.04. The van der Waals surface area contributed by atoms with E-state index in [0.717, 1.165) is 31.0 Å². The van der Waals surface area contributed by atoms with Gasteiger partial charge in [0.1, 0.15) is 5.69 Å². The maximum Gasteiger partial charge on any atom is 0.270 e. The van der Waals surface area contributed by atoms with E-state index in [1.54, 1.807) is 0 Å². The van der Waals surface area contributed by atoms with Crippen LogP contribution in [0.15, 0.2) is 12.1 Å². The average Bonchev–Trinajstić information content (AvgIpc) is 2.77. The van der Waals surface area contributed by atoms with Crippen molar-refractivity contribution in [3.63, 3.8) is 0 Å². The molecule has 0 bridgehead atoms. The zero-order chi connectivity index (χ0) is 13.8. The van der Waals surface area contributed by atoms with Crippen LogP contribution in [0.1, 0.15) is 42.4 Å². The fourth-order valence-electron chi connectivity index (χ4n) is 2.69. The minimum Gasteiger partial charge on any atom is -0.344 e. The highest BCUT2D eigenvalue weighted by Gasteiger charge is 2.22. The Labute approximate surface area is 115 Å². The molecule has 1 amide bonds. The summed E-state index contributed by atoms with van der Waals surface area (Å²) in [5.74, 6) is 0.144. The lowest BCUT2D eigenvalue weighted by atomic mass is 10.0. The van der Waals surface area contributed by atoms with Gasteiger partial charge in [0.15, 0.2) is 0 Å². The lowest BCUT2D eigenvalue weighted by Gasteiger charge is -2.30. The second kappa shape index (κ2) is 6.24. The van der Waals surface area contributed by atoms with Gasteiger partial charge in [-0.1, -0.05) is 6.42 Å². The fraction of sp³-hybridized carbons (Fsp3) is 0.667. The number of carbonyl (C=O) groups excluding carboxylic acids is 1. The van der Waals surface area contributed by atoms with Crippen molar-refractivity contribution in [2.24, 2.45) is 7.05 Å². The molecule has 4 heteroatoms. The first-order valence-corrected chi connectivity index (χ1v) is 7.28. The van der Waals surface area contributed by atoms with Gasteiger partial charge in [-0.3, -0.25) is 4.79 Å². The summed E-state index contributed by atoms with van der Waals surface area (Å²) in [5.41, 5.74) is 1.91. The number of rotatable bonds is 4. The Morgan fingerprint density at radius 1 is 1.47 bits per heavy atom. The van der Waals surface area contributed by atoms with Crippen molar-refractivity contribution in [3.05, 3.63) is 23.5 Å². The molecule has 1 aliphatic heterocycles. The third-order valence-corrected chi connectivity index (χ3v) is 4.11. The van der Waals surface area contributed by atoms with Gasteiger partial charge >= 0.3 is 0 Å². The van der Waals surface area contributed by atoms with Gasteiger partial charge in [-0.25, -0.2) is 0 Å². The maximum atomic E-state index is 12.6. The number of carbonyl (C=O) groups is 1. The lowest BCUT2D eigenvalue weighted by Crippen LogP contribution is -2.46. The van der Waals surface area contributed by atoms with Crippen LogP contribution < -0.4 is 5.32 Å². The van der Waals surface area contributed by atoms with Gasteiger partial charge in [-0.05, 0) is 45.4 Å². The van der Waals surface area contributed by atoms with Gasteiger partial charge in [0.25, 0.3) is 5.91 Å². The molecular formula is C15H25N3O. The predicted molar refractivity (Wildman–Crippen MR) is 77.4 cm³/mol. The second-order valence-corrected chi connectivity index (χ2v) is 5.41. The molecule has 1 N–H and O–H groups in total. The van der Waals surface area contributed by atoms with Crippen LogP contribution in [0.5, 0.6) is 0 Å². The number of nitrogens with one attached hydrogen (secondary N) is 1. The number of piperidine rings is 1. The van der Waals surface area contributed by atoms with E-state index in [1.165, 1.54) is 19.3 Å². The van der Waals surface area contributed by atoms with Crippen molar-refractivity contribution in [2.45, 2.75) is 39.2 Å². The van der Waals surface area contributed by atoms with Gasteiger partial charge < -0.3 is 14.8 Å². The molecular weight excluding hydrogens is 238 g/mol. The second-order valence-electron chi connectivity index (χ2n) is 5.41. The Hall–Kier alpha value is -1.29. The van der Waals surface area contributed by atoms with Gasteiger partial charge in [0.05, 0.1) is 0 Å². The number of aryl methyl sites for hydroxylation is 1. The van der Waals surface area contributed by atoms with Gasteiger partial charge in [0.2, 0.25) is 0 Å². The highest BCUT2D eigenvalue weighted by Crippen LogP contribution is 2.13. The number of aromatic nitrogens is 1. The van der Waals surface area contributed by atoms with Gasteiger partial charge in [-0.15, -0.1) is 0 Å². The van der Waals surface area contributed by atoms with Crippen LogP contribution in [0, 0.1) is 6.92 Å². The van der Waals surface area contributed by atoms with E-state index < -0.39 is 0 Å². The van der Waals surface area contributed by atoms with Crippen molar-refractivity contribution in [1.82, 2.24) is 14.8 Å². The fourth-order valence-corrected chi connectivity index (χ4v) is 2.69. The molecule has 1 unspecified atom stereocenters. The monoisotopic (exact) mass is 263 g/mol. The zero-order valence-corrected chi connectivity index (χ0v) is 12.3. The summed E-state index contributed by atoms with van der Waals surface area (Å²) in [6.45, 7) is 6.74. The van der Waals surface area contributed by atoms with E-state index in [0.29, 0.717) is 6.04 Å². The molecule has 106 valence electrons. The minimum atomic E-state index is 0.144. The maximum absolute atomic E-state index is 12.6. The van der Waals surface area contributed by atoms with Crippen molar-refractivity contribution in [2.75, 3.05) is 19.6 Å². The molecule has 0 aromatic carbocycles. The van der Waals surface area contributed by atoms with Gasteiger partial charge in [0, 0.05) is 31.9 Å².